The Kier molecular flexibility index (Phi) is 4.05. The molecule has 0 spiro atoms. The number of fused-ring (bicyclic) bond motifs is 1. The summed E-state index contributed by atoms with van der Waals surface area (Å²) in [4.78, 5) is 19.3. The predicted octanol–water partition coefficient (Wildman–Crippen LogP) is 2.54. The van der Waals surface area contributed by atoms with Crippen molar-refractivity contribution in [1.82, 2.24) is 15.3 Å². The second kappa shape index (κ2) is 6.30. The van der Waals surface area contributed by atoms with Crippen molar-refractivity contribution < 1.29 is 9.53 Å². The van der Waals surface area contributed by atoms with Gasteiger partial charge in [0.25, 0.3) is 5.91 Å². The van der Waals surface area contributed by atoms with E-state index in [1.807, 2.05) is 12.1 Å². The minimum atomic E-state index is -0.0785. The minimum Gasteiger partial charge on any atom is -0.497 e. The monoisotopic (exact) mass is 295 g/mol. The number of H-pyrrole nitrogens is 1. The zero-order valence-electron chi connectivity index (χ0n) is 12.3. The SMILES string of the molecule is COc1ccc(C(=O)NCCc2ccc3nc[nH]c3c2)cc1. The number of nitrogens with zero attached hydrogens (tertiary/aromatic N) is 1. The fourth-order valence-electron chi connectivity index (χ4n) is 2.30. The highest BCUT2D eigenvalue weighted by Crippen LogP contribution is 2.12. The Hall–Kier alpha value is -2.82. The van der Waals surface area contributed by atoms with Gasteiger partial charge in [0.1, 0.15) is 5.75 Å². The molecule has 22 heavy (non-hydrogen) atoms. The minimum absolute atomic E-state index is 0.0785. The highest BCUT2D eigenvalue weighted by atomic mass is 16.5. The first-order valence-corrected chi connectivity index (χ1v) is 7.10. The fourth-order valence-corrected chi connectivity index (χ4v) is 2.30. The lowest BCUT2D eigenvalue weighted by Gasteiger charge is -2.06. The Balaban J connectivity index is 1.56. The second-order valence-electron chi connectivity index (χ2n) is 4.99. The molecule has 0 unspecified atom stereocenters. The van der Waals surface area contributed by atoms with Gasteiger partial charge in [0.05, 0.1) is 24.5 Å². The third kappa shape index (κ3) is 3.09. The number of methoxy groups -OCH3 is 1. The molecule has 1 amide bonds. The molecule has 1 aromatic heterocycles. The van der Waals surface area contributed by atoms with Crippen LogP contribution in [-0.2, 0) is 6.42 Å². The molecular weight excluding hydrogens is 278 g/mol. The Bertz CT molecular complexity index is 778. The van der Waals surface area contributed by atoms with E-state index in [1.165, 1.54) is 0 Å². The van der Waals surface area contributed by atoms with Crippen molar-refractivity contribution in [3.63, 3.8) is 0 Å². The Morgan fingerprint density at radius 2 is 2.05 bits per heavy atom. The molecular formula is C17H17N3O2. The van der Waals surface area contributed by atoms with Gasteiger partial charge in [-0.25, -0.2) is 4.98 Å². The van der Waals surface area contributed by atoms with E-state index in [1.54, 1.807) is 37.7 Å². The first-order valence-electron chi connectivity index (χ1n) is 7.10. The topological polar surface area (TPSA) is 67.0 Å². The van der Waals surface area contributed by atoms with E-state index in [9.17, 15) is 4.79 Å². The van der Waals surface area contributed by atoms with Crippen LogP contribution in [0.5, 0.6) is 5.75 Å². The molecule has 2 N–H and O–H groups in total. The van der Waals surface area contributed by atoms with Crippen LogP contribution in [0.4, 0.5) is 0 Å². The number of amides is 1. The smallest absolute Gasteiger partial charge is 0.251 e. The second-order valence-corrected chi connectivity index (χ2v) is 4.99. The fraction of sp³-hybridized carbons (Fsp3) is 0.176. The van der Waals surface area contributed by atoms with Crippen molar-refractivity contribution in [2.75, 3.05) is 13.7 Å². The maximum Gasteiger partial charge on any atom is 0.251 e. The summed E-state index contributed by atoms with van der Waals surface area (Å²) < 4.78 is 5.08. The number of rotatable bonds is 5. The van der Waals surface area contributed by atoms with Crippen LogP contribution in [0.25, 0.3) is 11.0 Å². The normalized spacial score (nSPS) is 10.6. The molecule has 112 valence electrons. The van der Waals surface area contributed by atoms with Crippen molar-refractivity contribution in [1.29, 1.82) is 0 Å². The number of benzene rings is 2. The number of carbonyl (C=O) groups is 1. The molecule has 0 aliphatic rings. The number of hydrogen-bond acceptors (Lipinski definition) is 3. The van der Waals surface area contributed by atoms with E-state index in [0.29, 0.717) is 12.1 Å². The van der Waals surface area contributed by atoms with Crippen molar-refractivity contribution in [3.05, 3.63) is 59.9 Å². The molecule has 0 saturated carbocycles. The summed E-state index contributed by atoms with van der Waals surface area (Å²) in [6, 6.07) is 13.1. The van der Waals surface area contributed by atoms with Crippen molar-refractivity contribution >= 4 is 16.9 Å². The summed E-state index contributed by atoms with van der Waals surface area (Å²) in [6.45, 7) is 0.588. The van der Waals surface area contributed by atoms with Crippen LogP contribution in [0.2, 0.25) is 0 Å². The summed E-state index contributed by atoms with van der Waals surface area (Å²) in [5.41, 5.74) is 3.75. The Morgan fingerprint density at radius 3 is 2.82 bits per heavy atom. The maximum absolute atomic E-state index is 12.0. The number of nitrogens with one attached hydrogen (secondary N) is 2. The lowest BCUT2D eigenvalue weighted by atomic mass is 10.1. The number of aromatic nitrogens is 2. The molecule has 0 atom stereocenters. The highest BCUT2D eigenvalue weighted by molar-refractivity contribution is 5.94. The van der Waals surface area contributed by atoms with Gasteiger partial charge in [-0.05, 0) is 48.4 Å². The van der Waals surface area contributed by atoms with E-state index in [0.717, 1.165) is 28.8 Å². The standard InChI is InChI=1S/C17H17N3O2/c1-22-14-5-3-13(4-6-14)17(21)18-9-8-12-2-7-15-16(10-12)20-11-19-15/h2-7,10-11H,8-9H2,1H3,(H,18,21)(H,19,20). The van der Waals surface area contributed by atoms with Crippen LogP contribution in [0.1, 0.15) is 15.9 Å². The first-order chi connectivity index (χ1) is 10.8. The molecule has 0 aliphatic carbocycles. The molecule has 0 saturated heterocycles. The summed E-state index contributed by atoms with van der Waals surface area (Å²) in [5.74, 6) is 0.662. The summed E-state index contributed by atoms with van der Waals surface area (Å²) in [6.07, 6.45) is 2.46. The quantitative estimate of drug-likeness (QED) is 0.760. The molecule has 3 aromatic rings. The Morgan fingerprint density at radius 1 is 1.23 bits per heavy atom. The molecule has 0 fully saturated rings. The van der Waals surface area contributed by atoms with Gasteiger partial charge in [-0.3, -0.25) is 4.79 Å². The first kappa shape index (κ1) is 14.1. The van der Waals surface area contributed by atoms with Crippen LogP contribution in [-0.4, -0.2) is 29.5 Å². The van der Waals surface area contributed by atoms with Crippen LogP contribution in [0, 0.1) is 0 Å². The Labute approximate surface area is 128 Å². The van der Waals surface area contributed by atoms with Crippen molar-refractivity contribution in [3.8, 4) is 5.75 Å². The van der Waals surface area contributed by atoms with Gasteiger partial charge in [-0.2, -0.15) is 0 Å². The van der Waals surface area contributed by atoms with Gasteiger partial charge in [0.2, 0.25) is 0 Å². The van der Waals surface area contributed by atoms with E-state index >= 15 is 0 Å². The van der Waals surface area contributed by atoms with Gasteiger partial charge in [0.15, 0.2) is 0 Å². The third-order valence-corrected chi connectivity index (χ3v) is 3.54. The van der Waals surface area contributed by atoms with E-state index < -0.39 is 0 Å². The van der Waals surface area contributed by atoms with Gasteiger partial charge in [0, 0.05) is 12.1 Å². The molecule has 3 rings (SSSR count). The third-order valence-electron chi connectivity index (χ3n) is 3.54. The number of carbonyl (C=O) groups excluding carboxylic acids is 1. The zero-order chi connectivity index (χ0) is 15.4. The van der Waals surface area contributed by atoms with Crippen LogP contribution < -0.4 is 10.1 Å². The molecule has 0 radical (unpaired) electrons. The average Bonchev–Trinajstić information content (AvgIpc) is 3.02. The van der Waals surface area contributed by atoms with Crippen LogP contribution >= 0.6 is 0 Å². The van der Waals surface area contributed by atoms with E-state index in [4.69, 9.17) is 4.74 Å². The summed E-state index contributed by atoms with van der Waals surface area (Å²) in [5, 5.41) is 2.92. The molecule has 0 bridgehead atoms. The molecule has 2 aromatic carbocycles. The lowest BCUT2D eigenvalue weighted by Crippen LogP contribution is -2.25. The number of aromatic amines is 1. The van der Waals surface area contributed by atoms with Crippen LogP contribution in [0.15, 0.2) is 48.8 Å². The van der Waals surface area contributed by atoms with E-state index in [2.05, 4.69) is 21.4 Å². The highest BCUT2D eigenvalue weighted by Gasteiger charge is 2.05. The summed E-state index contributed by atoms with van der Waals surface area (Å²) in [7, 11) is 1.60. The molecule has 0 aliphatic heterocycles. The van der Waals surface area contributed by atoms with E-state index in [-0.39, 0.29) is 5.91 Å². The number of hydrogen-bond donors (Lipinski definition) is 2. The van der Waals surface area contributed by atoms with Gasteiger partial charge >= 0.3 is 0 Å². The van der Waals surface area contributed by atoms with Crippen LogP contribution in [0.3, 0.4) is 0 Å². The molecule has 5 heteroatoms. The van der Waals surface area contributed by atoms with Gasteiger partial charge in [-0.15, -0.1) is 0 Å². The average molecular weight is 295 g/mol. The number of ether oxygens (including phenoxy) is 1. The van der Waals surface area contributed by atoms with Gasteiger partial charge in [-0.1, -0.05) is 6.07 Å². The molecule has 1 heterocycles. The molecule has 5 nitrogen and oxygen atoms in total. The van der Waals surface area contributed by atoms with Gasteiger partial charge < -0.3 is 15.0 Å². The maximum atomic E-state index is 12.0. The van der Waals surface area contributed by atoms with Crippen molar-refractivity contribution in [2.24, 2.45) is 0 Å². The predicted molar refractivity (Wildman–Crippen MR) is 85.1 cm³/mol. The lowest BCUT2D eigenvalue weighted by molar-refractivity contribution is 0.0954. The van der Waals surface area contributed by atoms with Crippen molar-refractivity contribution in [2.45, 2.75) is 6.42 Å². The number of imidazole rings is 1. The largest absolute Gasteiger partial charge is 0.497 e. The zero-order valence-corrected chi connectivity index (χ0v) is 12.3. The summed E-state index contributed by atoms with van der Waals surface area (Å²) >= 11 is 0.